The van der Waals surface area contributed by atoms with Crippen molar-refractivity contribution in [2.75, 3.05) is 18.1 Å². The SMILES string of the molecule is N#Cc1ccccc1O[C@H]1CCN(c2ccc(F)cc2)C(C(=O)CO)[C@H]1F. The number of carbonyl (C=O) groups excluding carboxylic acids is 1. The van der Waals surface area contributed by atoms with Gasteiger partial charge in [0.1, 0.15) is 36.4 Å². The van der Waals surface area contributed by atoms with Gasteiger partial charge in [0.05, 0.1) is 5.56 Å². The van der Waals surface area contributed by atoms with Crippen molar-refractivity contribution in [2.24, 2.45) is 0 Å². The van der Waals surface area contributed by atoms with Crippen LogP contribution in [0.4, 0.5) is 14.5 Å². The summed E-state index contributed by atoms with van der Waals surface area (Å²) in [6.45, 7) is -0.536. The van der Waals surface area contributed by atoms with Gasteiger partial charge in [0.25, 0.3) is 0 Å². The summed E-state index contributed by atoms with van der Waals surface area (Å²) >= 11 is 0. The third kappa shape index (κ3) is 3.91. The summed E-state index contributed by atoms with van der Waals surface area (Å²) in [6.07, 6.45) is -2.42. The van der Waals surface area contributed by atoms with Crippen LogP contribution in [0.3, 0.4) is 0 Å². The van der Waals surface area contributed by atoms with Crippen LogP contribution in [0.1, 0.15) is 12.0 Å². The number of rotatable bonds is 5. The van der Waals surface area contributed by atoms with E-state index in [9.17, 15) is 14.3 Å². The average Bonchev–Trinajstić information content (AvgIpc) is 2.70. The third-order valence-electron chi connectivity index (χ3n) is 4.58. The smallest absolute Gasteiger partial charge is 0.183 e. The first-order valence-electron chi connectivity index (χ1n) is 8.50. The molecule has 3 atom stereocenters. The van der Waals surface area contributed by atoms with Crippen LogP contribution < -0.4 is 9.64 Å². The van der Waals surface area contributed by atoms with E-state index in [1.54, 1.807) is 24.3 Å². The summed E-state index contributed by atoms with van der Waals surface area (Å²) < 4.78 is 34.1. The average molecular weight is 372 g/mol. The summed E-state index contributed by atoms with van der Waals surface area (Å²) in [5.74, 6) is -0.876. The molecule has 0 radical (unpaired) electrons. The second kappa shape index (κ2) is 8.14. The van der Waals surface area contributed by atoms with Crippen molar-refractivity contribution in [3.8, 4) is 11.8 Å². The molecular weight excluding hydrogens is 354 g/mol. The monoisotopic (exact) mass is 372 g/mol. The predicted molar refractivity (Wildman–Crippen MR) is 94.7 cm³/mol. The molecule has 1 fully saturated rings. The van der Waals surface area contributed by atoms with Gasteiger partial charge in [0, 0.05) is 18.7 Å². The third-order valence-corrected chi connectivity index (χ3v) is 4.58. The molecule has 2 aromatic rings. The first-order chi connectivity index (χ1) is 13.0. The van der Waals surface area contributed by atoms with E-state index in [1.807, 2.05) is 6.07 Å². The van der Waals surface area contributed by atoms with Gasteiger partial charge >= 0.3 is 0 Å². The van der Waals surface area contributed by atoms with Gasteiger partial charge in [-0.1, -0.05) is 12.1 Å². The molecule has 0 aliphatic carbocycles. The molecule has 0 bridgehead atoms. The second-order valence-corrected chi connectivity index (χ2v) is 6.24. The fourth-order valence-corrected chi connectivity index (χ4v) is 3.26. The lowest BCUT2D eigenvalue weighted by Crippen LogP contribution is -2.59. The fourth-order valence-electron chi connectivity index (χ4n) is 3.26. The Morgan fingerprint density at radius 2 is 1.96 bits per heavy atom. The quantitative estimate of drug-likeness (QED) is 0.873. The highest BCUT2D eigenvalue weighted by molar-refractivity contribution is 5.89. The maximum Gasteiger partial charge on any atom is 0.183 e. The Kier molecular flexibility index (Phi) is 5.67. The van der Waals surface area contributed by atoms with Gasteiger partial charge in [0.15, 0.2) is 12.0 Å². The van der Waals surface area contributed by atoms with E-state index in [4.69, 9.17) is 10.00 Å². The van der Waals surface area contributed by atoms with Gasteiger partial charge in [-0.15, -0.1) is 0 Å². The summed E-state index contributed by atoms with van der Waals surface area (Å²) in [6, 6.07) is 12.6. The molecular formula is C20H18F2N2O3. The number of hydrogen-bond acceptors (Lipinski definition) is 5. The molecule has 1 N–H and O–H groups in total. The van der Waals surface area contributed by atoms with Crippen molar-refractivity contribution in [3.63, 3.8) is 0 Å². The van der Waals surface area contributed by atoms with Gasteiger partial charge < -0.3 is 14.7 Å². The van der Waals surface area contributed by atoms with Crippen LogP contribution in [0.25, 0.3) is 0 Å². The minimum Gasteiger partial charge on any atom is -0.486 e. The van der Waals surface area contributed by atoms with Crippen LogP contribution in [-0.4, -0.2) is 42.4 Å². The zero-order valence-electron chi connectivity index (χ0n) is 14.4. The Morgan fingerprint density at radius 1 is 1.26 bits per heavy atom. The molecule has 1 aliphatic rings. The number of benzene rings is 2. The van der Waals surface area contributed by atoms with E-state index in [-0.39, 0.29) is 24.3 Å². The summed E-state index contributed by atoms with van der Waals surface area (Å²) in [5, 5.41) is 18.4. The van der Waals surface area contributed by atoms with E-state index < -0.39 is 36.5 Å². The standard InChI is InChI=1S/C20H18F2N2O3/c21-14-5-7-15(8-6-14)24-10-9-18(19(22)20(24)16(26)12-25)27-17-4-2-1-3-13(17)11-23/h1-8,18-20,25H,9-10,12H2/t18-,19-,20?/m0/s1. The largest absolute Gasteiger partial charge is 0.486 e. The topological polar surface area (TPSA) is 73.6 Å². The minimum atomic E-state index is -1.73. The minimum absolute atomic E-state index is 0.248. The van der Waals surface area contributed by atoms with Gasteiger partial charge in [-0.3, -0.25) is 4.79 Å². The fraction of sp³-hybridized carbons (Fsp3) is 0.300. The van der Waals surface area contributed by atoms with Crippen LogP contribution in [-0.2, 0) is 4.79 Å². The van der Waals surface area contributed by atoms with Crippen LogP contribution >= 0.6 is 0 Å². The van der Waals surface area contributed by atoms with Crippen LogP contribution in [0.15, 0.2) is 48.5 Å². The van der Waals surface area contributed by atoms with Gasteiger partial charge in [-0.05, 0) is 36.4 Å². The number of carbonyl (C=O) groups is 1. The van der Waals surface area contributed by atoms with E-state index in [1.165, 1.54) is 29.2 Å². The van der Waals surface area contributed by atoms with Gasteiger partial charge in [-0.25, -0.2) is 8.78 Å². The predicted octanol–water partition coefficient (Wildman–Crippen LogP) is 2.62. The van der Waals surface area contributed by atoms with E-state index >= 15 is 4.39 Å². The number of hydrogen-bond donors (Lipinski definition) is 1. The van der Waals surface area contributed by atoms with Crippen molar-refractivity contribution < 1.29 is 23.4 Å². The Labute approximate surface area is 155 Å². The summed E-state index contributed by atoms with van der Waals surface area (Å²) in [7, 11) is 0. The number of ketones is 1. The van der Waals surface area contributed by atoms with Crippen LogP contribution in [0.5, 0.6) is 5.75 Å². The van der Waals surface area contributed by atoms with Gasteiger partial charge in [-0.2, -0.15) is 5.26 Å². The lowest BCUT2D eigenvalue weighted by atomic mass is 9.93. The number of anilines is 1. The number of nitriles is 1. The Morgan fingerprint density at radius 3 is 2.63 bits per heavy atom. The van der Waals surface area contributed by atoms with Crippen molar-refractivity contribution in [1.82, 2.24) is 0 Å². The van der Waals surface area contributed by atoms with E-state index in [2.05, 4.69) is 0 Å². The highest BCUT2D eigenvalue weighted by atomic mass is 19.1. The van der Waals surface area contributed by atoms with E-state index in [0.29, 0.717) is 5.69 Å². The Hall–Kier alpha value is -2.98. The van der Waals surface area contributed by atoms with Crippen molar-refractivity contribution in [3.05, 3.63) is 59.9 Å². The van der Waals surface area contributed by atoms with E-state index in [0.717, 1.165) is 0 Å². The molecule has 1 unspecified atom stereocenters. The van der Waals surface area contributed by atoms with Crippen molar-refractivity contribution in [2.45, 2.75) is 24.7 Å². The number of para-hydroxylation sites is 1. The molecule has 0 saturated carbocycles. The maximum atomic E-state index is 15.2. The number of aliphatic hydroxyl groups is 1. The molecule has 0 amide bonds. The molecule has 0 spiro atoms. The molecule has 0 aromatic heterocycles. The number of aliphatic hydroxyl groups excluding tert-OH is 1. The molecule has 5 nitrogen and oxygen atoms in total. The molecule has 1 heterocycles. The normalized spacial score (nSPS) is 22.1. The molecule has 140 valence electrons. The van der Waals surface area contributed by atoms with Crippen molar-refractivity contribution >= 4 is 11.5 Å². The first-order valence-corrected chi connectivity index (χ1v) is 8.50. The number of halogens is 2. The molecule has 2 aromatic carbocycles. The Bertz CT molecular complexity index is 851. The maximum absolute atomic E-state index is 15.2. The molecule has 7 heteroatoms. The summed E-state index contributed by atoms with van der Waals surface area (Å²) in [4.78, 5) is 13.7. The van der Waals surface area contributed by atoms with Crippen molar-refractivity contribution in [1.29, 1.82) is 5.26 Å². The van der Waals surface area contributed by atoms with Crippen LogP contribution in [0.2, 0.25) is 0 Å². The number of piperidine rings is 1. The zero-order valence-corrected chi connectivity index (χ0v) is 14.4. The molecule has 1 aliphatic heterocycles. The molecule has 1 saturated heterocycles. The van der Waals surface area contributed by atoms with Gasteiger partial charge in [0.2, 0.25) is 0 Å². The first kappa shape index (κ1) is 18.8. The highest BCUT2D eigenvalue weighted by Crippen LogP contribution is 2.31. The number of ether oxygens (including phenoxy) is 1. The number of alkyl halides is 1. The lowest BCUT2D eigenvalue weighted by Gasteiger charge is -2.42. The lowest BCUT2D eigenvalue weighted by molar-refractivity contribution is -0.126. The second-order valence-electron chi connectivity index (χ2n) is 6.24. The molecule has 3 rings (SSSR count). The number of nitrogens with zero attached hydrogens (tertiary/aromatic N) is 2. The van der Waals surface area contributed by atoms with Crippen LogP contribution in [0, 0.1) is 17.1 Å². The molecule has 27 heavy (non-hydrogen) atoms. The number of Topliss-reactive ketones (excluding diaryl/α,β-unsaturated/α-hetero) is 1. The zero-order chi connectivity index (χ0) is 19.4. The highest BCUT2D eigenvalue weighted by Gasteiger charge is 2.43. The summed E-state index contributed by atoms with van der Waals surface area (Å²) in [5.41, 5.74) is 0.762. The Balaban J connectivity index is 1.86.